The third-order valence-electron chi connectivity index (χ3n) is 7.23. The van der Waals surface area contributed by atoms with Gasteiger partial charge in [0.15, 0.2) is 5.58 Å². The Kier molecular flexibility index (Phi) is 6.17. The number of nitrogens with zero attached hydrogens (tertiary/aromatic N) is 6. The molecule has 3 aromatic rings. The molecule has 11 nitrogen and oxygen atoms in total. The zero-order valence-electron chi connectivity index (χ0n) is 21.4. The number of ether oxygens (including phenoxy) is 1. The highest BCUT2D eigenvalue weighted by molar-refractivity contribution is 6.10. The summed E-state index contributed by atoms with van der Waals surface area (Å²) in [5.74, 6) is -2.41. The van der Waals surface area contributed by atoms with Crippen molar-refractivity contribution in [3.63, 3.8) is 0 Å². The number of aromatic nitrogens is 3. The third kappa shape index (κ3) is 4.78. The maximum atomic E-state index is 13.6. The Morgan fingerprint density at radius 2 is 1.92 bits per heavy atom. The summed E-state index contributed by atoms with van der Waals surface area (Å²) in [6, 6.07) is 7.16. The predicted molar refractivity (Wildman–Crippen MR) is 142 cm³/mol. The second-order valence-electron chi connectivity index (χ2n) is 10.2. The number of aliphatic imine (C=N–C) groups is 1. The van der Waals surface area contributed by atoms with Gasteiger partial charge in [0.05, 0.1) is 24.5 Å². The molecule has 3 aliphatic rings. The molecular formula is C26H28F2N8O3. The number of carbonyl (C=O) groups is 1. The second-order valence-corrected chi connectivity index (χ2v) is 10.2. The van der Waals surface area contributed by atoms with Gasteiger partial charge in [-0.3, -0.25) is 9.79 Å². The summed E-state index contributed by atoms with van der Waals surface area (Å²) in [6.07, 6.45) is 2.65. The largest absolute Gasteiger partial charge is 0.422 e. The number of hydrogen-bond donors (Lipinski definition) is 2. The number of pyridine rings is 2. The Morgan fingerprint density at radius 3 is 2.62 bits per heavy atom. The zero-order valence-corrected chi connectivity index (χ0v) is 21.4. The van der Waals surface area contributed by atoms with Crippen LogP contribution >= 0.6 is 0 Å². The van der Waals surface area contributed by atoms with Gasteiger partial charge in [-0.15, -0.1) is 0 Å². The number of anilines is 3. The lowest BCUT2D eigenvalue weighted by atomic mass is 9.61. The summed E-state index contributed by atoms with van der Waals surface area (Å²) in [5.41, 5.74) is 7.33. The van der Waals surface area contributed by atoms with Gasteiger partial charge in [0, 0.05) is 75.5 Å². The van der Waals surface area contributed by atoms with Crippen molar-refractivity contribution < 1.29 is 22.7 Å². The van der Waals surface area contributed by atoms with E-state index in [2.05, 4.69) is 25.3 Å². The standard InChI is InChI=1S/C26H28F2N8O3/c1-30-11-16(10-29)18-3-2-4-20(31-18)32-23(37)17-9-19-21(34-24(39-19)35-5-7-38-8-6-35)33-22(17)36-14-25(15-36)12-26(27,28)13-25/h2-4,9-11H,5-8,12-15,29H2,1H3,(H,31,32,37). The highest BCUT2D eigenvalue weighted by Crippen LogP contribution is 2.57. The van der Waals surface area contributed by atoms with Gasteiger partial charge in [0.2, 0.25) is 11.6 Å². The van der Waals surface area contributed by atoms with Crippen LogP contribution in [-0.4, -0.2) is 79.4 Å². The molecule has 3 aromatic heterocycles. The van der Waals surface area contributed by atoms with Gasteiger partial charge in [0.25, 0.3) is 11.9 Å². The van der Waals surface area contributed by atoms with Crippen LogP contribution < -0.4 is 20.9 Å². The number of allylic oxidation sites excluding steroid dienone is 1. The first-order chi connectivity index (χ1) is 18.8. The number of hydrogen-bond acceptors (Lipinski definition) is 10. The van der Waals surface area contributed by atoms with Crippen molar-refractivity contribution in [3.05, 3.63) is 41.7 Å². The first kappa shape index (κ1) is 25.2. The average molecular weight is 539 g/mol. The van der Waals surface area contributed by atoms with Crippen LogP contribution in [0.3, 0.4) is 0 Å². The molecule has 1 saturated carbocycles. The summed E-state index contributed by atoms with van der Waals surface area (Å²) in [6.45, 7) is 3.15. The van der Waals surface area contributed by atoms with Gasteiger partial charge in [-0.25, -0.2) is 18.7 Å². The fraction of sp³-hybridized carbons (Fsp3) is 0.423. The van der Waals surface area contributed by atoms with Crippen molar-refractivity contribution >= 4 is 46.6 Å². The SMILES string of the molecule is CN=CC(=CN)c1cccc(NC(=O)c2cc3oc(N4CCOCC4)nc3nc2N2CC3(C2)CC(F)(F)C3)n1. The molecule has 39 heavy (non-hydrogen) atoms. The van der Waals surface area contributed by atoms with Gasteiger partial charge in [-0.05, 0) is 12.1 Å². The highest BCUT2D eigenvalue weighted by Gasteiger charge is 2.62. The van der Waals surface area contributed by atoms with Crippen molar-refractivity contribution in [2.24, 2.45) is 16.1 Å². The van der Waals surface area contributed by atoms with Gasteiger partial charge in [-0.2, -0.15) is 4.98 Å². The van der Waals surface area contributed by atoms with Crippen LogP contribution in [0.1, 0.15) is 28.9 Å². The molecular weight excluding hydrogens is 510 g/mol. The molecule has 3 N–H and O–H groups in total. The molecule has 0 aromatic carbocycles. The summed E-state index contributed by atoms with van der Waals surface area (Å²) in [7, 11) is 1.62. The molecule has 2 aliphatic heterocycles. The molecule has 3 fully saturated rings. The maximum Gasteiger partial charge on any atom is 0.300 e. The normalized spacial score (nSPS) is 20.3. The number of alkyl halides is 2. The molecule has 0 radical (unpaired) electrons. The van der Waals surface area contributed by atoms with Gasteiger partial charge in [-0.1, -0.05) is 6.07 Å². The van der Waals surface area contributed by atoms with Crippen LogP contribution in [0.4, 0.5) is 26.4 Å². The van der Waals surface area contributed by atoms with Gasteiger partial charge >= 0.3 is 0 Å². The van der Waals surface area contributed by atoms with E-state index in [4.69, 9.17) is 14.9 Å². The van der Waals surface area contributed by atoms with E-state index in [1.165, 1.54) is 6.20 Å². The fourth-order valence-electron chi connectivity index (χ4n) is 5.51. The summed E-state index contributed by atoms with van der Waals surface area (Å²) >= 11 is 0. The number of nitrogens with two attached hydrogens (primary N) is 1. The van der Waals surface area contributed by atoms with E-state index >= 15 is 0 Å². The lowest BCUT2D eigenvalue weighted by molar-refractivity contribution is -0.170. The number of rotatable bonds is 6. The van der Waals surface area contributed by atoms with E-state index < -0.39 is 17.2 Å². The topological polar surface area (TPSA) is 135 Å². The number of carbonyl (C=O) groups excluding carboxylic acids is 1. The van der Waals surface area contributed by atoms with Crippen molar-refractivity contribution in [2.45, 2.75) is 18.8 Å². The number of halogens is 2. The summed E-state index contributed by atoms with van der Waals surface area (Å²) < 4.78 is 38.6. The minimum Gasteiger partial charge on any atom is -0.422 e. The first-order valence-corrected chi connectivity index (χ1v) is 12.7. The van der Waals surface area contributed by atoms with E-state index in [0.29, 0.717) is 79.5 Å². The van der Waals surface area contributed by atoms with E-state index in [0.717, 1.165) is 0 Å². The number of morpholine rings is 1. The number of nitrogens with one attached hydrogen (secondary N) is 1. The number of fused-ring (bicyclic) bond motifs is 1. The summed E-state index contributed by atoms with van der Waals surface area (Å²) in [4.78, 5) is 35.0. The van der Waals surface area contributed by atoms with Gasteiger partial charge in [0.1, 0.15) is 11.6 Å². The van der Waals surface area contributed by atoms with Crippen LogP contribution in [0, 0.1) is 5.41 Å². The van der Waals surface area contributed by atoms with E-state index in [-0.39, 0.29) is 18.4 Å². The minimum absolute atomic E-state index is 0.153. The smallest absolute Gasteiger partial charge is 0.300 e. The Morgan fingerprint density at radius 1 is 1.15 bits per heavy atom. The monoisotopic (exact) mass is 538 g/mol. The van der Waals surface area contributed by atoms with Gasteiger partial charge < -0.3 is 30.0 Å². The Hall–Kier alpha value is -4.13. The quantitative estimate of drug-likeness (QED) is 0.454. The average Bonchev–Trinajstić information content (AvgIpc) is 3.32. The number of oxazole rings is 1. The van der Waals surface area contributed by atoms with Crippen LogP contribution in [0.15, 0.2) is 39.9 Å². The molecule has 0 bridgehead atoms. The van der Waals surface area contributed by atoms with Crippen molar-refractivity contribution in [1.82, 2.24) is 15.0 Å². The Bertz CT molecular complexity index is 1470. The lowest BCUT2D eigenvalue weighted by Gasteiger charge is -2.59. The predicted octanol–water partition coefficient (Wildman–Crippen LogP) is 2.94. The zero-order chi connectivity index (χ0) is 27.2. The first-order valence-electron chi connectivity index (χ1n) is 12.7. The molecule has 1 amide bonds. The van der Waals surface area contributed by atoms with Crippen LogP contribution in [0.2, 0.25) is 0 Å². The molecule has 5 heterocycles. The highest BCUT2D eigenvalue weighted by atomic mass is 19.3. The molecule has 0 unspecified atom stereocenters. The molecule has 204 valence electrons. The lowest BCUT2D eigenvalue weighted by Crippen LogP contribution is -2.66. The van der Waals surface area contributed by atoms with E-state index in [1.807, 2.05) is 9.80 Å². The molecule has 6 rings (SSSR count). The third-order valence-corrected chi connectivity index (χ3v) is 7.23. The van der Waals surface area contributed by atoms with Crippen molar-refractivity contribution in [3.8, 4) is 0 Å². The van der Waals surface area contributed by atoms with Crippen molar-refractivity contribution in [2.75, 3.05) is 61.6 Å². The van der Waals surface area contributed by atoms with Crippen LogP contribution in [0.25, 0.3) is 16.8 Å². The van der Waals surface area contributed by atoms with E-state index in [9.17, 15) is 13.6 Å². The maximum absolute atomic E-state index is 13.6. The Labute approximate surface area is 222 Å². The molecule has 0 atom stereocenters. The van der Waals surface area contributed by atoms with Crippen LogP contribution in [0.5, 0.6) is 0 Å². The molecule has 1 aliphatic carbocycles. The Balaban J connectivity index is 1.31. The second kappa shape index (κ2) is 9.56. The van der Waals surface area contributed by atoms with E-state index in [1.54, 1.807) is 37.5 Å². The van der Waals surface area contributed by atoms with Crippen LogP contribution in [-0.2, 0) is 4.74 Å². The minimum atomic E-state index is -2.63. The number of amides is 1. The molecule has 1 spiro atoms. The fourth-order valence-corrected chi connectivity index (χ4v) is 5.51. The summed E-state index contributed by atoms with van der Waals surface area (Å²) in [5, 5.41) is 2.82. The van der Waals surface area contributed by atoms with Crippen molar-refractivity contribution in [1.29, 1.82) is 0 Å². The molecule has 13 heteroatoms. The molecule has 2 saturated heterocycles.